The Morgan fingerprint density at radius 3 is 2.74 bits per heavy atom. The fraction of sp³-hybridized carbons (Fsp3) is 0.375. The number of nitrogens with zero attached hydrogens (tertiary/aromatic N) is 3. The van der Waals surface area contributed by atoms with Gasteiger partial charge in [0.25, 0.3) is 0 Å². The molecule has 2 aromatic rings. The van der Waals surface area contributed by atoms with Crippen LogP contribution in [-0.4, -0.2) is 36.3 Å². The average Bonchev–Trinajstić information content (AvgIpc) is 2.56. The minimum Gasteiger partial charge on any atom is -0.473 e. The molecule has 0 unspecified atom stereocenters. The standard InChI is InChI=1S/C16H17F2N3O2/c1-11-8-15(20-16(19-11)21-4-6-22-7-5-21)23-10-12-9-13(17)2-3-14(12)18/h2-3,8-9H,4-7,10H2,1H3. The highest BCUT2D eigenvalue weighted by molar-refractivity contribution is 5.34. The molecule has 3 rings (SSSR count). The second-order valence-electron chi connectivity index (χ2n) is 5.27. The van der Waals surface area contributed by atoms with Crippen molar-refractivity contribution in [1.29, 1.82) is 0 Å². The Kier molecular flexibility index (Phi) is 4.66. The molecule has 1 fully saturated rings. The Labute approximate surface area is 132 Å². The van der Waals surface area contributed by atoms with Gasteiger partial charge >= 0.3 is 0 Å². The number of anilines is 1. The largest absolute Gasteiger partial charge is 0.473 e. The second-order valence-corrected chi connectivity index (χ2v) is 5.27. The Morgan fingerprint density at radius 2 is 1.96 bits per heavy atom. The zero-order valence-electron chi connectivity index (χ0n) is 12.8. The maximum Gasteiger partial charge on any atom is 0.229 e. The average molecular weight is 321 g/mol. The highest BCUT2D eigenvalue weighted by Gasteiger charge is 2.15. The van der Waals surface area contributed by atoms with Gasteiger partial charge in [0, 0.05) is 30.4 Å². The van der Waals surface area contributed by atoms with Crippen LogP contribution in [0.2, 0.25) is 0 Å². The monoisotopic (exact) mass is 321 g/mol. The zero-order chi connectivity index (χ0) is 16.2. The smallest absolute Gasteiger partial charge is 0.229 e. The number of hydrogen-bond donors (Lipinski definition) is 0. The molecule has 1 aliphatic rings. The van der Waals surface area contributed by atoms with Crippen molar-refractivity contribution < 1.29 is 18.3 Å². The van der Waals surface area contributed by atoms with Crippen LogP contribution in [0.4, 0.5) is 14.7 Å². The summed E-state index contributed by atoms with van der Waals surface area (Å²) in [7, 11) is 0. The van der Waals surface area contributed by atoms with E-state index in [-0.39, 0.29) is 12.2 Å². The third kappa shape index (κ3) is 3.92. The third-order valence-electron chi connectivity index (χ3n) is 3.50. The quantitative estimate of drug-likeness (QED) is 0.866. The zero-order valence-corrected chi connectivity index (χ0v) is 12.8. The molecule has 1 aromatic carbocycles. The van der Waals surface area contributed by atoms with E-state index < -0.39 is 11.6 Å². The van der Waals surface area contributed by atoms with Crippen LogP contribution in [0.1, 0.15) is 11.3 Å². The first-order valence-electron chi connectivity index (χ1n) is 7.37. The maximum absolute atomic E-state index is 13.6. The Morgan fingerprint density at radius 1 is 1.17 bits per heavy atom. The summed E-state index contributed by atoms with van der Waals surface area (Å²) >= 11 is 0. The summed E-state index contributed by atoms with van der Waals surface area (Å²) < 4.78 is 37.6. The molecule has 0 atom stereocenters. The number of aromatic nitrogens is 2. The number of benzene rings is 1. The van der Waals surface area contributed by atoms with E-state index in [9.17, 15) is 8.78 Å². The number of hydrogen-bond acceptors (Lipinski definition) is 5. The van der Waals surface area contributed by atoms with E-state index in [4.69, 9.17) is 9.47 Å². The molecule has 1 saturated heterocycles. The number of ether oxygens (including phenoxy) is 2. The molecule has 5 nitrogen and oxygen atoms in total. The van der Waals surface area contributed by atoms with Crippen LogP contribution in [0.3, 0.4) is 0 Å². The van der Waals surface area contributed by atoms with Gasteiger partial charge in [-0.3, -0.25) is 0 Å². The molecule has 0 amide bonds. The lowest BCUT2D eigenvalue weighted by atomic mass is 10.2. The van der Waals surface area contributed by atoms with Crippen molar-refractivity contribution in [1.82, 2.24) is 9.97 Å². The van der Waals surface area contributed by atoms with Crippen LogP contribution in [0.25, 0.3) is 0 Å². The molecular weight excluding hydrogens is 304 g/mol. The van der Waals surface area contributed by atoms with E-state index in [0.717, 1.165) is 23.9 Å². The van der Waals surface area contributed by atoms with E-state index in [1.165, 1.54) is 0 Å². The number of halogens is 2. The van der Waals surface area contributed by atoms with Gasteiger partial charge in [-0.25, -0.2) is 13.8 Å². The van der Waals surface area contributed by atoms with Crippen LogP contribution in [-0.2, 0) is 11.3 Å². The molecule has 0 N–H and O–H groups in total. The number of aryl methyl sites for hydroxylation is 1. The van der Waals surface area contributed by atoms with Crippen molar-refractivity contribution in [2.45, 2.75) is 13.5 Å². The van der Waals surface area contributed by atoms with Gasteiger partial charge in [-0.15, -0.1) is 0 Å². The molecule has 1 aliphatic heterocycles. The van der Waals surface area contributed by atoms with E-state index in [2.05, 4.69) is 9.97 Å². The Hall–Kier alpha value is -2.28. The maximum atomic E-state index is 13.6. The van der Waals surface area contributed by atoms with Gasteiger partial charge < -0.3 is 14.4 Å². The van der Waals surface area contributed by atoms with Gasteiger partial charge in [0.15, 0.2) is 0 Å². The lowest BCUT2D eigenvalue weighted by Crippen LogP contribution is -2.37. The molecule has 0 saturated carbocycles. The van der Waals surface area contributed by atoms with Gasteiger partial charge in [0.05, 0.1) is 13.2 Å². The molecule has 7 heteroatoms. The van der Waals surface area contributed by atoms with E-state index >= 15 is 0 Å². The lowest BCUT2D eigenvalue weighted by Gasteiger charge is -2.27. The SMILES string of the molecule is Cc1cc(OCc2cc(F)ccc2F)nc(N2CCOCC2)n1. The van der Waals surface area contributed by atoms with Crippen LogP contribution >= 0.6 is 0 Å². The van der Waals surface area contributed by atoms with Crippen molar-refractivity contribution in [2.24, 2.45) is 0 Å². The normalized spacial score (nSPS) is 14.8. The molecule has 2 heterocycles. The van der Waals surface area contributed by atoms with Gasteiger partial charge in [-0.05, 0) is 25.1 Å². The molecule has 122 valence electrons. The van der Waals surface area contributed by atoms with E-state index in [0.29, 0.717) is 38.1 Å². The van der Waals surface area contributed by atoms with E-state index in [1.54, 1.807) is 6.07 Å². The summed E-state index contributed by atoms with van der Waals surface area (Å²) in [6.07, 6.45) is 0. The van der Waals surface area contributed by atoms with Gasteiger partial charge in [-0.2, -0.15) is 4.98 Å². The topological polar surface area (TPSA) is 47.5 Å². The first-order chi connectivity index (χ1) is 11.1. The van der Waals surface area contributed by atoms with Crippen molar-refractivity contribution in [3.05, 3.63) is 47.2 Å². The molecule has 0 aliphatic carbocycles. The minimum absolute atomic E-state index is 0.0946. The summed E-state index contributed by atoms with van der Waals surface area (Å²) in [6, 6.07) is 4.94. The summed E-state index contributed by atoms with van der Waals surface area (Å²) in [5.41, 5.74) is 0.894. The third-order valence-corrected chi connectivity index (χ3v) is 3.50. The number of morpholine rings is 1. The van der Waals surface area contributed by atoms with Gasteiger partial charge in [-0.1, -0.05) is 0 Å². The minimum atomic E-state index is -0.509. The molecular formula is C16H17F2N3O2. The highest BCUT2D eigenvalue weighted by Crippen LogP contribution is 2.18. The second kappa shape index (κ2) is 6.87. The van der Waals surface area contributed by atoms with Crippen molar-refractivity contribution >= 4 is 5.95 Å². The molecule has 23 heavy (non-hydrogen) atoms. The predicted molar refractivity (Wildman–Crippen MR) is 80.5 cm³/mol. The van der Waals surface area contributed by atoms with Crippen molar-refractivity contribution in [2.75, 3.05) is 31.2 Å². The lowest BCUT2D eigenvalue weighted by molar-refractivity contribution is 0.122. The Balaban J connectivity index is 1.74. The molecule has 0 bridgehead atoms. The summed E-state index contributed by atoms with van der Waals surface area (Å²) in [4.78, 5) is 10.7. The van der Waals surface area contributed by atoms with Gasteiger partial charge in [0.1, 0.15) is 18.2 Å². The van der Waals surface area contributed by atoms with Crippen LogP contribution in [0.5, 0.6) is 5.88 Å². The summed E-state index contributed by atoms with van der Waals surface area (Å²) in [6.45, 7) is 4.41. The first kappa shape index (κ1) is 15.6. The van der Waals surface area contributed by atoms with E-state index in [1.807, 2.05) is 11.8 Å². The number of rotatable bonds is 4. The molecule has 0 spiro atoms. The van der Waals surface area contributed by atoms with Crippen molar-refractivity contribution in [3.8, 4) is 5.88 Å². The highest BCUT2D eigenvalue weighted by atomic mass is 19.1. The fourth-order valence-corrected chi connectivity index (χ4v) is 2.31. The summed E-state index contributed by atoms with van der Waals surface area (Å²) in [5, 5.41) is 0. The Bertz CT molecular complexity index is 691. The van der Waals surface area contributed by atoms with Crippen LogP contribution < -0.4 is 9.64 Å². The van der Waals surface area contributed by atoms with Crippen LogP contribution in [0, 0.1) is 18.6 Å². The summed E-state index contributed by atoms with van der Waals surface area (Å²) in [5.74, 6) is -0.117. The molecule has 1 aromatic heterocycles. The molecule has 0 radical (unpaired) electrons. The first-order valence-corrected chi connectivity index (χ1v) is 7.37. The fourth-order valence-electron chi connectivity index (χ4n) is 2.31. The van der Waals surface area contributed by atoms with Crippen LogP contribution in [0.15, 0.2) is 24.3 Å². The van der Waals surface area contributed by atoms with Crippen molar-refractivity contribution in [3.63, 3.8) is 0 Å². The van der Waals surface area contributed by atoms with Gasteiger partial charge in [0.2, 0.25) is 11.8 Å². The predicted octanol–water partition coefficient (Wildman–Crippen LogP) is 2.48.